The number of likely N-dealkylation sites (tertiary alicyclic amines) is 1. The molecular formula is C55H111N9O12. The molecule has 0 bridgehead atoms. The number of rotatable bonds is 29. The van der Waals surface area contributed by atoms with Crippen LogP contribution < -0.4 is 43.0 Å². The number of hydrogen-bond acceptors (Lipinski definition) is 13. The number of aliphatic hydroxyl groups excluding tert-OH is 1. The Morgan fingerprint density at radius 3 is 1.51 bits per heavy atom. The van der Waals surface area contributed by atoms with Gasteiger partial charge in [-0.25, -0.2) is 0 Å². The molecule has 0 aliphatic carbocycles. The van der Waals surface area contributed by atoms with Crippen LogP contribution in [0.25, 0.3) is 0 Å². The molecule has 0 saturated carbocycles. The molecule has 21 heteroatoms. The van der Waals surface area contributed by atoms with Gasteiger partial charge < -0.3 is 67.7 Å². The number of unbranched alkanes of at least 4 members (excludes halogenated alkanes) is 5. The van der Waals surface area contributed by atoms with E-state index < -0.39 is 58.4 Å². The van der Waals surface area contributed by atoms with E-state index in [0.29, 0.717) is 37.7 Å². The maximum atomic E-state index is 12.7. The zero-order valence-corrected chi connectivity index (χ0v) is 50.5. The predicted octanol–water partition coefficient (Wildman–Crippen LogP) is 4.79. The average Bonchev–Trinajstić information content (AvgIpc) is 3.88. The summed E-state index contributed by atoms with van der Waals surface area (Å²) < 4.78 is 0. The van der Waals surface area contributed by atoms with Gasteiger partial charge in [-0.2, -0.15) is 0 Å². The molecule has 0 aromatic heterocycles. The fourth-order valence-corrected chi connectivity index (χ4v) is 6.82. The molecular weight excluding hydrogens is 979 g/mol. The standard InChI is InChI=1S/C19H36N4O4.C14H26N2O4.C8H15NO.C8H18.C4H11N.CH3NO.CH2O2/c1-12(2)8-14(11-24)21-18(27)19(5,6)23-17(26)15(9-13(3)4)22-16(25)10-20-7;1-9(2)10(19)11(15-8-18)14(5,6)12(20)16-13(3,4)7-17;1-2-5-8(10)9-6-3-4-7-9;1-3-5-7-8-6-4-2;1-3-4-5-2;2*2-1-3/h11-15,20H,8-10H2,1-7H3,(H,21,27)(H,22,25)(H,23,26);7-11,19H,1-6H3,(H,15,18)(H,16,20);2-7H2,1H3;3-8H2,1-2H3;5H,3-4H2,1-2H3;1H,(H2,2,3);1H,(H,2,3). The Labute approximate surface area is 459 Å². The summed E-state index contributed by atoms with van der Waals surface area (Å²) in [5, 5.41) is 36.0. The van der Waals surface area contributed by atoms with Crippen LogP contribution in [-0.2, 0) is 47.9 Å². The first kappa shape index (κ1) is 82.3. The van der Waals surface area contributed by atoms with Crippen molar-refractivity contribution in [3.8, 4) is 0 Å². The first-order valence-corrected chi connectivity index (χ1v) is 27.3. The molecule has 76 heavy (non-hydrogen) atoms. The lowest BCUT2D eigenvalue weighted by Crippen LogP contribution is -2.61. The molecule has 11 N–H and O–H groups in total. The van der Waals surface area contributed by atoms with Crippen molar-refractivity contribution >= 4 is 61.4 Å². The summed E-state index contributed by atoms with van der Waals surface area (Å²) in [5.41, 5.74) is 0.881. The predicted molar refractivity (Wildman–Crippen MR) is 304 cm³/mol. The van der Waals surface area contributed by atoms with Gasteiger partial charge in [0.1, 0.15) is 24.2 Å². The molecule has 4 unspecified atom stereocenters. The van der Waals surface area contributed by atoms with Crippen molar-refractivity contribution < 1.29 is 58.2 Å². The van der Waals surface area contributed by atoms with Gasteiger partial charge in [0.2, 0.25) is 42.4 Å². The second-order valence-electron chi connectivity index (χ2n) is 21.3. The SMILES string of the molecule is CC(C)C(O)C(NC=O)C(C)(C)C(=O)NC(C)(C)C=O.CCCC(=O)N1CCCC1.CCCCCCCC.CCCNC.CNCC(=O)NC(CC(C)C)C(=O)NC(C)(C)C(=O)NC(C=O)CC(C)C.NC=O.O=CO. The normalized spacial score (nSPS) is 13.2. The number of nitrogens with two attached hydrogens (primary N) is 1. The number of aldehydes is 2. The fourth-order valence-electron chi connectivity index (χ4n) is 6.82. The lowest BCUT2D eigenvalue weighted by atomic mass is 9.77. The van der Waals surface area contributed by atoms with Crippen molar-refractivity contribution in [3.05, 3.63) is 0 Å². The Morgan fingerprint density at radius 2 is 1.17 bits per heavy atom. The van der Waals surface area contributed by atoms with E-state index in [1.54, 1.807) is 62.4 Å². The van der Waals surface area contributed by atoms with Crippen LogP contribution in [0.15, 0.2) is 0 Å². The molecule has 1 aliphatic rings. The monoisotopic (exact) mass is 1090 g/mol. The fraction of sp³-hybridized carbons (Fsp3) is 0.818. The first-order chi connectivity index (χ1) is 35.4. The quantitative estimate of drug-likeness (QED) is 0.0356. The maximum Gasteiger partial charge on any atom is 0.290 e. The lowest BCUT2D eigenvalue weighted by molar-refractivity contribution is -0.137. The largest absolute Gasteiger partial charge is 0.483 e. The topological polar surface area (TPSA) is 325 Å². The van der Waals surface area contributed by atoms with Gasteiger partial charge in [-0.3, -0.25) is 38.4 Å². The summed E-state index contributed by atoms with van der Waals surface area (Å²) in [7, 11) is 3.61. The molecule has 1 fully saturated rings. The van der Waals surface area contributed by atoms with Crippen LogP contribution >= 0.6 is 0 Å². The number of hydrogen-bond donors (Lipinski definition) is 10. The minimum Gasteiger partial charge on any atom is -0.483 e. The Hall–Kier alpha value is -5.02. The van der Waals surface area contributed by atoms with E-state index in [0.717, 1.165) is 32.5 Å². The van der Waals surface area contributed by atoms with Crippen molar-refractivity contribution in [2.24, 2.45) is 28.9 Å². The number of amides is 7. The molecule has 7 amide bonds. The Kier molecular flexibility index (Phi) is 55.0. The van der Waals surface area contributed by atoms with Gasteiger partial charge in [-0.05, 0) is 118 Å². The van der Waals surface area contributed by atoms with Crippen LogP contribution in [0, 0.1) is 23.2 Å². The van der Waals surface area contributed by atoms with Crippen molar-refractivity contribution in [3.63, 3.8) is 0 Å². The molecule has 1 rings (SSSR count). The van der Waals surface area contributed by atoms with Gasteiger partial charge in [-0.15, -0.1) is 0 Å². The highest BCUT2D eigenvalue weighted by Gasteiger charge is 2.43. The van der Waals surface area contributed by atoms with Gasteiger partial charge >= 0.3 is 0 Å². The highest BCUT2D eigenvalue weighted by Crippen LogP contribution is 2.27. The van der Waals surface area contributed by atoms with Crippen molar-refractivity contribution in [2.75, 3.05) is 40.3 Å². The second kappa shape index (κ2) is 50.8. The van der Waals surface area contributed by atoms with E-state index in [-0.39, 0.29) is 43.1 Å². The highest BCUT2D eigenvalue weighted by atomic mass is 16.3. The van der Waals surface area contributed by atoms with E-state index in [2.05, 4.69) is 63.7 Å². The highest BCUT2D eigenvalue weighted by molar-refractivity contribution is 5.95. The van der Waals surface area contributed by atoms with Crippen LogP contribution in [0.3, 0.4) is 0 Å². The Morgan fingerprint density at radius 1 is 0.684 bits per heavy atom. The number of nitrogens with zero attached hydrogens (tertiary/aromatic N) is 1. The molecule has 4 atom stereocenters. The molecule has 1 heterocycles. The number of carboxylic acid groups (broad SMARTS) is 1. The summed E-state index contributed by atoms with van der Waals surface area (Å²) in [6, 6.07) is -2.09. The zero-order valence-electron chi connectivity index (χ0n) is 50.5. The Bertz CT molecular complexity index is 1530. The number of carbonyl (C=O) groups excluding carboxylic acids is 9. The van der Waals surface area contributed by atoms with E-state index in [1.807, 2.05) is 46.6 Å². The maximum absolute atomic E-state index is 12.7. The van der Waals surface area contributed by atoms with Gasteiger partial charge in [0.15, 0.2) is 0 Å². The first-order valence-electron chi connectivity index (χ1n) is 27.3. The summed E-state index contributed by atoms with van der Waals surface area (Å²) in [6.07, 6.45) is 16.0. The summed E-state index contributed by atoms with van der Waals surface area (Å²) >= 11 is 0. The number of primary amides is 1. The molecule has 0 radical (unpaired) electrons. The molecule has 0 aromatic carbocycles. The third-order valence-electron chi connectivity index (χ3n) is 11.2. The summed E-state index contributed by atoms with van der Waals surface area (Å²) in [4.78, 5) is 112. The number of carbonyl (C=O) groups is 10. The zero-order chi connectivity index (χ0) is 60.5. The van der Waals surface area contributed by atoms with Crippen molar-refractivity contribution in [1.82, 2.24) is 42.1 Å². The van der Waals surface area contributed by atoms with E-state index in [9.17, 15) is 43.5 Å². The number of likely N-dealkylation sites (N-methyl/N-ethyl adjacent to an activating group) is 1. The molecule has 448 valence electrons. The minimum absolute atomic E-state index is 0.0992. The lowest BCUT2D eigenvalue weighted by Gasteiger charge is -2.38. The Balaban J connectivity index is -0.000000216. The molecule has 1 saturated heterocycles. The van der Waals surface area contributed by atoms with Crippen LogP contribution in [0.5, 0.6) is 0 Å². The van der Waals surface area contributed by atoms with E-state index in [1.165, 1.54) is 57.8 Å². The van der Waals surface area contributed by atoms with Gasteiger partial charge in [-0.1, -0.05) is 108 Å². The molecule has 0 aromatic rings. The summed E-state index contributed by atoms with van der Waals surface area (Å²) in [5.74, 6) is -0.932. The van der Waals surface area contributed by atoms with Crippen LogP contribution in [0.1, 0.15) is 194 Å². The molecule has 1 aliphatic heterocycles. The molecule has 21 nitrogen and oxygen atoms in total. The smallest absolute Gasteiger partial charge is 0.290 e. The van der Waals surface area contributed by atoms with Crippen LogP contribution in [-0.4, -0.2) is 152 Å². The van der Waals surface area contributed by atoms with Gasteiger partial charge in [0.25, 0.3) is 6.47 Å². The number of aliphatic hydroxyl groups is 1. The van der Waals surface area contributed by atoms with Gasteiger partial charge in [0, 0.05) is 19.5 Å². The van der Waals surface area contributed by atoms with Crippen molar-refractivity contribution in [2.45, 2.75) is 230 Å². The van der Waals surface area contributed by atoms with Crippen LogP contribution in [0.2, 0.25) is 0 Å². The third kappa shape index (κ3) is 46.3. The summed E-state index contributed by atoms with van der Waals surface area (Å²) in [6.45, 7) is 32.6. The molecule has 0 spiro atoms. The third-order valence-corrected chi connectivity index (χ3v) is 11.2. The minimum atomic E-state index is -1.22. The van der Waals surface area contributed by atoms with E-state index >= 15 is 0 Å². The number of nitrogens with one attached hydrogen (secondary N) is 7. The van der Waals surface area contributed by atoms with Crippen LogP contribution in [0.4, 0.5) is 0 Å². The van der Waals surface area contributed by atoms with E-state index in [4.69, 9.17) is 14.7 Å². The van der Waals surface area contributed by atoms with Crippen molar-refractivity contribution in [1.29, 1.82) is 0 Å². The average molecular weight is 1090 g/mol. The van der Waals surface area contributed by atoms with Gasteiger partial charge in [0.05, 0.1) is 35.7 Å². The second-order valence-corrected chi connectivity index (χ2v) is 21.3.